The van der Waals surface area contributed by atoms with Gasteiger partial charge in [0.1, 0.15) is 0 Å². The van der Waals surface area contributed by atoms with Crippen molar-refractivity contribution in [1.29, 1.82) is 0 Å². The molecule has 15 heavy (non-hydrogen) atoms. The highest BCUT2D eigenvalue weighted by Gasteiger charge is 2.41. The highest BCUT2D eigenvalue weighted by molar-refractivity contribution is 5.64. The van der Waals surface area contributed by atoms with E-state index in [4.69, 9.17) is 5.73 Å². The quantitative estimate of drug-likeness (QED) is 0.789. The number of pyridine rings is 1. The van der Waals surface area contributed by atoms with E-state index in [2.05, 4.69) is 10.3 Å². The molecule has 0 bridgehead atoms. The summed E-state index contributed by atoms with van der Waals surface area (Å²) in [4.78, 5) is 4.01. The number of hydrogen-bond donors (Lipinski definition) is 2. The van der Waals surface area contributed by atoms with Crippen LogP contribution in [-0.4, -0.2) is 11.0 Å². The minimum Gasteiger partial charge on any atom is -0.396 e. The molecule has 3 heteroatoms. The second-order valence-electron chi connectivity index (χ2n) is 4.81. The van der Waals surface area contributed by atoms with Gasteiger partial charge in [0.2, 0.25) is 0 Å². The molecule has 3 N–H and O–H groups in total. The van der Waals surface area contributed by atoms with E-state index in [0.29, 0.717) is 6.04 Å². The first-order valence-electron chi connectivity index (χ1n) is 5.80. The van der Waals surface area contributed by atoms with Gasteiger partial charge in [-0.05, 0) is 43.6 Å². The summed E-state index contributed by atoms with van der Waals surface area (Å²) >= 11 is 0. The van der Waals surface area contributed by atoms with Crippen LogP contribution in [0.3, 0.4) is 0 Å². The lowest BCUT2D eigenvalue weighted by Crippen LogP contribution is -2.24. The van der Waals surface area contributed by atoms with Crippen LogP contribution >= 0.6 is 0 Å². The van der Waals surface area contributed by atoms with Crippen LogP contribution in [-0.2, 0) is 0 Å². The fourth-order valence-electron chi connectivity index (χ4n) is 2.25. The van der Waals surface area contributed by atoms with Gasteiger partial charge in [-0.2, -0.15) is 0 Å². The lowest BCUT2D eigenvalue weighted by molar-refractivity contribution is 0.568. The molecule has 1 heterocycles. The van der Waals surface area contributed by atoms with Gasteiger partial charge in [0.05, 0.1) is 17.6 Å². The molecule has 80 valence electrons. The van der Waals surface area contributed by atoms with Crippen LogP contribution in [0, 0.1) is 11.8 Å². The maximum Gasteiger partial charge on any atom is 0.0736 e. The average molecular weight is 203 g/mol. The topological polar surface area (TPSA) is 50.9 Å². The summed E-state index contributed by atoms with van der Waals surface area (Å²) < 4.78 is 0. The van der Waals surface area contributed by atoms with E-state index in [1.807, 2.05) is 6.07 Å². The molecule has 0 spiro atoms. The van der Waals surface area contributed by atoms with Crippen LogP contribution in [0.5, 0.6) is 0 Å². The zero-order valence-corrected chi connectivity index (χ0v) is 8.82. The average Bonchev–Trinajstić information content (AvgIpc) is 3.10. The molecule has 0 atom stereocenters. The molecule has 2 fully saturated rings. The summed E-state index contributed by atoms with van der Waals surface area (Å²) in [5.41, 5.74) is 7.72. The fourth-order valence-corrected chi connectivity index (χ4v) is 2.25. The van der Waals surface area contributed by atoms with Gasteiger partial charge in [-0.15, -0.1) is 0 Å². The third-order valence-electron chi connectivity index (χ3n) is 3.43. The van der Waals surface area contributed by atoms with Gasteiger partial charge in [0, 0.05) is 12.2 Å². The van der Waals surface area contributed by atoms with E-state index < -0.39 is 0 Å². The molecule has 0 amide bonds. The van der Waals surface area contributed by atoms with Gasteiger partial charge in [-0.25, -0.2) is 0 Å². The van der Waals surface area contributed by atoms with E-state index in [0.717, 1.165) is 23.2 Å². The van der Waals surface area contributed by atoms with Crippen LogP contribution in [0.2, 0.25) is 0 Å². The van der Waals surface area contributed by atoms with E-state index in [-0.39, 0.29) is 0 Å². The van der Waals surface area contributed by atoms with Crippen LogP contribution < -0.4 is 11.1 Å². The second kappa shape index (κ2) is 3.40. The third kappa shape index (κ3) is 1.91. The molecule has 2 aliphatic carbocycles. The largest absolute Gasteiger partial charge is 0.396 e. The van der Waals surface area contributed by atoms with E-state index in [1.165, 1.54) is 25.7 Å². The molecule has 2 aliphatic rings. The van der Waals surface area contributed by atoms with E-state index in [9.17, 15) is 0 Å². The number of anilines is 2. The van der Waals surface area contributed by atoms with Crippen molar-refractivity contribution in [1.82, 2.24) is 4.98 Å². The van der Waals surface area contributed by atoms with Gasteiger partial charge >= 0.3 is 0 Å². The number of nitrogens with one attached hydrogen (secondary N) is 1. The molecular weight excluding hydrogens is 186 g/mol. The Labute approximate surface area is 90.1 Å². The Morgan fingerprint density at radius 2 is 1.93 bits per heavy atom. The van der Waals surface area contributed by atoms with Crippen LogP contribution in [0.15, 0.2) is 18.5 Å². The zero-order valence-electron chi connectivity index (χ0n) is 8.82. The van der Waals surface area contributed by atoms with Crippen molar-refractivity contribution < 1.29 is 0 Å². The van der Waals surface area contributed by atoms with Crippen LogP contribution in [0.4, 0.5) is 11.4 Å². The van der Waals surface area contributed by atoms with E-state index >= 15 is 0 Å². The lowest BCUT2D eigenvalue weighted by atomic mass is 10.1. The Hall–Kier alpha value is -1.25. The molecule has 1 aromatic rings. The normalized spacial score (nSPS) is 20.6. The zero-order chi connectivity index (χ0) is 10.3. The Balaban J connectivity index is 1.74. The molecule has 3 rings (SSSR count). The molecule has 3 nitrogen and oxygen atoms in total. The number of rotatable bonds is 4. The molecule has 1 aromatic heterocycles. The van der Waals surface area contributed by atoms with Crippen molar-refractivity contribution in [3.05, 3.63) is 18.5 Å². The first kappa shape index (κ1) is 9.01. The Morgan fingerprint density at radius 1 is 1.27 bits per heavy atom. The van der Waals surface area contributed by atoms with Gasteiger partial charge in [-0.3, -0.25) is 4.98 Å². The number of nitrogen functional groups attached to an aromatic ring is 1. The highest BCUT2D eigenvalue weighted by Crippen LogP contribution is 2.46. The number of hydrogen-bond acceptors (Lipinski definition) is 3. The third-order valence-corrected chi connectivity index (χ3v) is 3.43. The molecular formula is C12H17N3. The van der Waals surface area contributed by atoms with Crippen molar-refractivity contribution in [3.63, 3.8) is 0 Å². The summed E-state index contributed by atoms with van der Waals surface area (Å²) in [5.74, 6) is 1.79. The van der Waals surface area contributed by atoms with Gasteiger partial charge < -0.3 is 11.1 Å². The summed E-state index contributed by atoms with van der Waals surface area (Å²) in [5, 5.41) is 3.61. The maximum absolute atomic E-state index is 5.88. The maximum atomic E-state index is 5.88. The number of aromatic nitrogens is 1. The van der Waals surface area contributed by atoms with Gasteiger partial charge in [-0.1, -0.05) is 0 Å². The number of nitrogens with zero attached hydrogens (tertiary/aromatic N) is 1. The van der Waals surface area contributed by atoms with Crippen molar-refractivity contribution in [3.8, 4) is 0 Å². The lowest BCUT2D eigenvalue weighted by Gasteiger charge is -2.19. The highest BCUT2D eigenvalue weighted by atomic mass is 15.0. The molecule has 0 unspecified atom stereocenters. The van der Waals surface area contributed by atoms with Crippen molar-refractivity contribution in [2.24, 2.45) is 11.8 Å². The Kier molecular flexibility index (Phi) is 2.04. The summed E-state index contributed by atoms with van der Waals surface area (Å²) in [6, 6.07) is 2.64. The van der Waals surface area contributed by atoms with Crippen molar-refractivity contribution in [2.45, 2.75) is 31.7 Å². The van der Waals surface area contributed by atoms with Crippen LogP contribution in [0.25, 0.3) is 0 Å². The molecule has 0 radical (unpaired) electrons. The predicted molar refractivity (Wildman–Crippen MR) is 61.5 cm³/mol. The summed E-state index contributed by atoms with van der Waals surface area (Å²) in [6.07, 6.45) is 9.07. The van der Waals surface area contributed by atoms with Gasteiger partial charge in [0.25, 0.3) is 0 Å². The van der Waals surface area contributed by atoms with Crippen LogP contribution in [0.1, 0.15) is 25.7 Å². The minimum absolute atomic E-state index is 0.662. The predicted octanol–water partition coefficient (Wildman–Crippen LogP) is 2.26. The molecule has 0 aliphatic heterocycles. The fraction of sp³-hybridized carbons (Fsp3) is 0.583. The Morgan fingerprint density at radius 3 is 2.47 bits per heavy atom. The monoisotopic (exact) mass is 203 g/mol. The Bertz CT molecular complexity index is 344. The molecule has 0 saturated heterocycles. The van der Waals surface area contributed by atoms with Gasteiger partial charge in [0.15, 0.2) is 0 Å². The molecule has 2 saturated carbocycles. The summed E-state index contributed by atoms with van der Waals surface area (Å²) in [6.45, 7) is 0. The smallest absolute Gasteiger partial charge is 0.0736 e. The first-order chi connectivity index (χ1) is 7.34. The second-order valence-corrected chi connectivity index (χ2v) is 4.81. The molecule has 0 aromatic carbocycles. The SMILES string of the molecule is Nc1cnccc1NC(C1CC1)C1CC1. The van der Waals surface area contributed by atoms with Crippen molar-refractivity contribution >= 4 is 11.4 Å². The number of nitrogens with two attached hydrogens (primary N) is 1. The van der Waals surface area contributed by atoms with E-state index in [1.54, 1.807) is 12.4 Å². The summed E-state index contributed by atoms with van der Waals surface area (Å²) in [7, 11) is 0. The standard InChI is InChI=1S/C12H17N3/c13-10-7-14-6-5-11(10)15-12(8-1-2-8)9-3-4-9/h5-9,12H,1-4,13H2,(H,14,15). The first-order valence-corrected chi connectivity index (χ1v) is 5.80. The minimum atomic E-state index is 0.662. The van der Waals surface area contributed by atoms with Crippen molar-refractivity contribution in [2.75, 3.05) is 11.1 Å².